The summed E-state index contributed by atoms with van der Waals surface area (Å²) < 4.78 is 14.4. The van der Waals surface area contributed by atoms with Crippen molar-refractivity contribution in [2.75, 3.05) is 5.32 Å². The summed E-state index contributed by atoms with van der Waals surface area (Å²) in [5.41, 5.74) is 0.139. The number of hydrogen-bond donors (Lipinski definition) is 1. The van der Waals surface area contributed by atoms with Crippen LogP contribution in [0, 0.1) is 5.82 Å². The van der Waals surface area contributed by atoms with Gasteiger partial charge in [0.15, 0.2) is 0 Å². The first-order valence-electron chi connectivity index (χ1n) is 4.51. The minimum absolute atomic E-state index is 0.0542. The predicted octanol–water partition coefficient (Wildman–Crippen LogP) is 0.451. The molecule has 0 unspecified atom stereocenters. The van der Waals surface area contributed by atoms with E-state index in [2.05, 4.69) is 20.8 Å². The molecule has 82 valence electrons. The molecule has 0 spiro atoms. The molecule has 1 N–H and O–H groups in total. The van der Waals surface area contributed by atoms with Gasteiger partial charge < -0.3 is 5.32 Å². The number of nitrogens with one attached hydrogen (secondary N) is 1. The molecule has 1 heterocycles. The maximum atomic E-state index is 13.2. The molecule has 1 aromatic carbocycles. The average Bonchev–Trinajstić information content (AvgIpc) is 2.74. The summed E-state index contributed by atoms with van der Waals surface area (Å²) in [6.07, 6.45) is 1.31. The number of halogens is 1. The van der Waals surface area contributed by atoms with Crippen LogP contribution in [0.5, 0.6) is 0 Å². The number of nitrogens with zero attached hydrogens (tertiary/aromatic N) is 4. The third-order valence-electron chi connectivity index (χ3n) is 1.85. The summed E-state index contributed by atoms with van der Waals surface area (Å²) in [6.45, 7) is -0.0542. The van der Waals surface area contributed by atoms with Gasteiger partial charge in [-0.25, -0.2) is 9.07 Å². The number of hydrogen-bond acceptors (Lipinski definition) is 4. The van der Waals surface area contributed by atoms with Gasteiger partial charge in [-0.3, -0.25) is 4.79 Å². The standard InChI is InChI=1S/C9H8FN5O/c10-7-3-1-2-4-8(7)12-9(16)5-15-6-11-13-14-15/h1-4,6H,5H2,(H,12,16). The van der Waals surface area contributed by atoms with E-state index in [0.717, 1.165) is 0 Å². The first-order chi connectivity index (χ1) is 7.75. The van der Waals surface area contributed by atoms with Crippen LogP contribution in [0.4, 0.5) is 10.1 Å². The fourth-order valence-corrected chi connectivity index (χ4v) is 1.15. The highest BCUT2D eigenvalue weighted by molar-refractivity contribution is 5.90. The monoisotopic (exact) mass is 221 g/mol. The van der Waals surface area contributed by atoms with Crippen molar-refractivity contribution in [3.05, 3.63) is 36.4 Å². The first kappa shape index (κ1) is 10.2. The molecule has 2 rings (SSSR count). The van der Waals surface area contributed by atoms with Crippen LogP contribution in [0.3, 0.4) is 0 Å². The summed E-state index contributed by atoms with van der Waals surface area (Å²) >= 11 is 0. The van der Waals surface area contributed by atoms with Crippen LogP contribution in [0.1, 0.15) is 0 Å². The van der Waals surface area contributed by atoms with Crippen LogP contribution in [-0.4, -0.2) is 26.1 Å². The Kier molecular flexibility index (Phi) is 2.86. The Labute approximate surface area is 90.1 Å². The highest BCUT2D eigenvalue weighted by Gasteiger charge is 2.07. The van der Waals surface area contributed by atoms with Crippen LogP contribution in [0.15, 0.2) is 30.6 Å². The molecule has 0 saturated heterocycles. The van der Waals surface area contributed by atoms with E-state index < -0.39 is 11.7 Å². The van der Waals surface area contributed by atoms with Crippen molar-refractivity contribution < 1.29 is 9.18 Å². The summed E-state index contributed by atoms with van der Waals surface area (Å²) in [4.78, 5) is 11.4. The van der Waals surface area contributed by atoms with Gasteiger partial charge in [0.25, 0.3) is 0 Å². The second-order valence-corrected chi connectivity index (χ2v) is 3.04. The number of para-hydroxylation sites is 1. The van der Waals surface area contributed by atoms with Crippen molar-refractivity contribution >= 4 is 11.6 Å². The number of amides is 1. The average molecular weight is 221 g/mol. The molecule has 7 heteroatoms. The van der Waals surface area contributed by atoms with Crippen LogP contribution in [0.25, 0.3) is 0 Å². The maximum absolute atomic E-state index is 13.2. The topological polar surface area (TPSA) is 72.7 Å². The number of carbonyl (C=O) groups excluding carboxylic acids is 1. The highest BCUT2D eigenvalue weighted by Crippen LogP contribution is 2.11. The van der Waals surface area contributed by atoms with Crippen molar-refractivity contribution in [2.24, 2.45) is 0 Å². The Morgan fingerprint density at radius 2 is 2.25 bits per heavy atom. The zero-order chi connectivity index (χ0) is 11.4. The predicted molar refractivity (Wildman–Crippen MR) is 52.8 cm³/mol. The Morgan fingerprint density at radius 1 is 1.44 bits per heavy atom. The second-order valence-electron chi connectivity index (χ2n) is 3.04. The molecule has 0 bridgehead atoms. The van der Waals surface area contributed by atoms with Gasteiger partial charge in [-0.2, -0.15) is 0 Å². The third kappa shape index (κ3) is 2.38. The Hall–Kier alpha value is -2.31. The SMILES string of the molecule is O=C(Cn1cnnn1)Nc1ccccc1F. The minimum Gasteiger partial charge on any atom is -0.322 e. The van der Waals surface area contributed by atoms with E-state index in [4.69, 9.17) is 0 Å². The molecule has 2 aromatic rings. The van der Waals surface area contributed by atoms with Crippen molar-refractivity contribution in [1.29, 1.82) is 0 Å². The fourth-order valence-electron chi connectivity index (χ4n) is 1.15. The zero-order valence-corrected chi connectivity index (χ0v) is 8.17. The van der Waals surface area contributed by atoms with Crippen molar-refractivity contribution in [2.45, 2.75) is 6.54 Å². The maximum Gasteiger partial charge on any atom is 0.246 e. The smallest absolute Gasteiger partial charge is 0.246 e. The molecule has 16 heavy (non-hydrogen) atoms. The van der Waals surface area contributed by atoms with Gasteiger partial charge in [-0.1, -0.05) is 12.1 Å². The molecular formula is C9H8FN5O. The van der Waals surface area contributed by atoms with Crippen LogP contribution in [0.2, 0.25) is 0 Å². The number of benzene rings is 1. The lowest BCUT2D eigenvalue weighted by Crippen LogP contribution is -2.19. The lowest BCUT2D eigenvalue weighted by molar-refractivity contribution is -0.116. The van der Waals surface area contributed by atoms with Crippen LogP contribution < -0.4 is 5.32 Å². The molecule has 0 atom stereocenters. The number of anilines is 1. The van der Waals surface area contributed by atoms with E-state index in [1.165, 1.54) is 23.1 Å². The minimum atomic E-state index is -0.479. The lowest BCUT2D eigenvalue weighted by atomic mass is 10.3. The zero-order valence-electron chi connectivity index (χ0n) is 8.17. The largest absolute Gasteiger partial charge is 0.322 e. The van der Waals surface area contributed by atoms with E-state index in [-0.39, 0.29) is 12.2 Å². The molecule has 0 saturated carbocycles. The molecular weight excluding hydrogens is 213 g/mol. The lowest BCUT2D eigenvalue weighted by Gasteiger charge is -2.05. The van der Waals surface area contributed by atoms with Gasteiger partial charge in [-0.05, 0) is 22.6 Å². The Bertz CT molecular complexity index is 484. The van der Waals surface area contributed by atoms with Gasteiger partial charge >= 0.3 is 0 Å². The fraction of sp³-hybridized carbons (Fsp3) is 0.111. The molecule has 6 nitrogen and oxygen atoms in total. The van der Waals surface area contributed by atoms with E-state index in [1.807, 2.05) is 0 Å². The summed E-state index contributed by atoms with van der Waals surface area (Å²) in [5.74, 6) is -0.870. The molecule has 0 aliphatic carbocycles. The molecule has 1 aromatic heterocycles. The second kappa shape index (κ2) is 4.47. The number of rotatable bonds is 3. The first-order valence-corrected chi connectivity index (χ1v) is 4.51. The summed E-state index contributed by atoms with van der Waals surface area (Å²) in [7, 11) is 0. The number of carbonyl (C=O) groups is 1. The van der Waals surface area contributed by atoms with E-state index in [9.17, 15) is 9.18 Å². The van der Waals surface area contributed by atoms with E-state index in [1.54, 1.807) is 12.1 Å². The Morgan fingerprint density at radius 3 is 2.94 bits per heavy atom. The molecule has 1 amide bonds. The van der Waals surface area contributed by atoms with Gasteiger partial charge in [-0.15, -0.1) is 5.10 Å². The Balaban J connectivity index is 2.00. The number of aromatic nitrogens is 4. The highest BCUT2D eigenvalue weighted by atomic mass is 19.1. The molecule has 0 radical (unpaired) electrons. The van der Waals surface area contributed by atoms with Crippen LogP contribution in [-0.2, 0) is 11.3 Å². The van der Waals surface area contributed by atoms with Gasteiger partial charge in [0.05, 0.1) is 5.69 Å². The van der Waals surface area contributed by atoms with Gasteiger partial charge in [0, 0.05) is 0 Å². The normalized spacial score (nSPS) is 10.1. The number of tetrazole rings is 1. The van der Waals surface area contributed by atoms with Crippen LogP contribution >= 0.6 is 0 Å². The molecule has 0 aliphatic rings. The van der Waals surface area contributed by atoms with E-state index in [0.29, 0.717) is 0 Å². The summed E-state index contributed by atoms with van der Waals surface area (Å²) in [6, 6.07) is 5.93. The van der Waals surface area contributed by atoms with E-state index >= 15 is 0 Å². The van der Waals surface area contributed by atoms with Crippen molar-refractivity contribution in [3.8, 4) is 0 Å². The van der Waals surface area contributed by atoms with Gasteiger partial charge in [0.1, 0.15) is 18.7 Å². The molecule has 0 fully saturated rings. The summed E-state index contributed by atoms with van der Waals surface area (Å²) in [5, 5.41) is 12.7. The van der Waals surface area contributed by atoms with Crippen molar-refractivity contribution in [1.82, 2.24) is 20.2 Å². The van der Waals surface area contributed by atoms with Gasteiger partial charge in [0.2, 0.25) is 5.91 Å². The molecule has 0 aliphatic heterocycles. The quantitative estimate of drug-likeness (QED) is 0.816. The van der Waals surface area contributed by atoms with Crippen molar-refractivity contribution in [3.63, 3.8) is 0 Å². The third-order valence-corrected chi connectivity index (χ3v) is 1.85.